The highest BCUT2D eigenvalue weighted by Crippen LogP contribution is 1.98. The zero-order valence-electron chi connectivity index (χ0n) is 8.28. The molecule has 0 spiro atoms. The molecular formula is C9H18O3S. The number of carbonyl (C=O) groups excluding carboxylic acids is 1. The normalized spacial score (nSPS) is 12.5. The largest absolute Gasteiger partial charge is 0.459 e. The lowest BCUT2D eigenvalue weighted by Gasteiger charge is -2.14. The van der Waals surface area contributed by atoms with Gasteiger partial charge in [0.15, 0.2) is 0 Å². The molecule has 0 bridgehead atoms. The Balaban J connectivity index is 3.42. The molecule has 13 heavy (non-hydrogen) atoms. The smallest absolute Gasteiger partial charge is 0.303 e. The van der Waals surface area contributed by atoms with Gasteiger partial charge < -0.3 is 9.47 Å². The van der Waals surface area contributed by atoms with E-state index in [0.29, 0.717) is 12.4 Å². The summed E-state index contributed by atoms with van der Waals surface area (Å²) < 4.78 is 10.2. The lowest BCUT2D eigenvalue weighted by Crippen LogP contribution is -2.24. The highest BCUT2D eigenvalue weighted by atomic mass is 32.1. The second kappa shape index (κ2) is 8.38. The summed E-state index contributed by atoms with van der Waals surface area (Å²) in [4.78, 5) is 10.6. The molecule has 0 aromatic rings. The van der Waals surface area contributed by atoms with E-state index in [9.17, 15) is 4.79 Å². The van der Waals surface area contributed by atoms with E-state index in [0.717, 1.165) is 19.4 Å². The molecule has 0 aromatic heterocycles. The van der Waals surface area contributed by atoms with E-state index in [2.05, 4.69) is 19.6 Å². The molecule has 0 fully saturated rings. The van der Waals surface area contributed by atoms with Crippen LogP contribution in [0, 0.1) is 0 Å². The standard InChI is InChI=1S/C9H18O3S/c1-3-4-5-11-6-9(7-13)12-8(2)10/h9,13H,3-7H2,1-2H3. The second-order valence-corrected chi connectivity index (χ2v) is 3.21. The van der Waals surface area contributed by atoms with Crippen LogP contribution in [-0.4, -0.2) is 31.0 Å². The Labute approximate surface area is 85.2 Å². The van der Waals surface area contributed by atoms with Gasteiger partial charge in [0.1, 0.15) is 6.10 Å². The molecule has 0 saturated heterocycles. The van der Waals surface area contributed by atoms with Crippen LogP contribution in [0.1, 0.15) is 26.7 Å². The van der Waals surface area contributed by atoms with Crippen LogP contribution in [0.4, 0.5) is 0 Å². The van der Waals surface area contributed by atoms with Crippen molar-refractivity contribution in [2.24, 2.45) is 0 Å². The Hall–Kier alpha value is -0.220. The minimum atomic E-state index is -0.279. The summed E-state index contributed by atoms with van der Waals surface area (Å²) in [6.45, 7) is 4.67. The molecule has 0 aromatic carbocycles. The van der Waals surface area contributed by atoms with Crippen LogP contribution < -0.4 is 0 Å². The third-order valence-electron chi connectivity index (χ3n) is 1.48. The van der Waals surface area contributed by atoms with Crippen LogP contribution in [0.15, 0.2) is 0 Å². The van der Waals surface area contributed by atoms with Gasteiger partial charge in [0.2, 0.25) is 0 Å². The Morgan fingerprint density at radius 1 is 1.54 bits per heavy atom. The fourth-order valence-corrected chi connectivity index (χ4v) is 1.000. The van der Waals surface area contributed by atoms with Crippen molar-refractivity contribution in [1.29, 1.82) is 0 Å². The maximum Gasteiger partial charge on any atom is 0.303 e. The van der Waals surface area contributed by atoms with Crippen LogP contribution in [0.2, 0.25) is 0 Å². The molecule has 78 valence electrons. The fourth-order valence-electron chi connectivity index (χ4n) is 0.820. The first-order valence-corrected chi connectivity index (χ1v) is 5.19. The van der Waals surface area contributed by atoms with Crippen LogP contribution >= 0.6 is 12.6 Å². The maximum atomic E-state index is 10.6. The first-order valence-electron chi connectivity index (χ1n) is 4.56. The van der Waals surface area contributed by atoms with E-state index in [-0.39, 0.29) is 12.1 Å². The average molecular weight is 206 g/mol. The summed E-state index contributed by atoms with van der Waals surface area (Å²) in [7, 11) is 0. The molecule has 0 aliphatic rings. The summed E-state index contributed by atoms with van der Waals surface area (Å²) in [6.07, 6.45) is 1.94. The molecule has 0 rings (SSSR count). The summed E-state index contributed by atoms with van der Waals surface area (Å²) >= 11 is 4.06. The molecule has 0 saturated carbocycles. The number of carbonyl (C=O) groups is 1. The number of hydrogen-bond donors (Lipinski definition) is 1. The van der Waals surface area contributed by atoms with Crippen molar-refractivity contribution in [1.82, 2.24) is 0 Å². The van der Waals surface area contributed by atoms with Crippen molar-refractivity contribution >= 4 is 18.6 Å². The summed E-state index contributed by atoms with van der Waals surface area (Å²) in [5.41, 5.74) is 0. The molecule has 4 heteroatoms. The second-order valence-electron chi connectivity index (χ2n) is 2.84. The number of ether oxygens (including phenoxy) is 2. The quantitative estimate of drug-likeness (QED) is 0.391. The van der Waals surface area contributed by atoms with Crippen molar-refractivity contribution in [2.75, 3.05) is 19.0 Å². The Morgan fingerprint density at radius 3 is 2.69 bits per heavy atom. The number of rotatable bonds is 7. The number of thiol groups is 1. The highest BCUT2D eigenvalue weighted by Gasteiger charge is 2.09. The molecule has 0 N–H and O–H groups in total. The molecule has 3 nitrogen and oxygen atoms in total. The maximum absolute atomic E-state index is 10.6. The Bertz CT molecular complexity index is 139. The van der Waals surface area contributed by atoms with Crippen molar-refractivity contribution in [2.45, 2.75) is 32.8 Å². The van der Waals surface area contributed by atoms with Gasteiger partial charge in [0.05, 0.1) is 6.61 Å². The monoisotopic (exact) mass is 206 g/mol. The minimum Gasteiger partial charge on any atom is -0.459 e. The summed E-state index contributed by atoms with van der Waals surface area (Å²) in [5.74, 6) is 0.226. The fraction of sp³-hybridized carbons (Fsp3) is 0.889. The lowest BCUT2D eigenvalue weighted by molar-refractivity contribution is -0.147. The first kappa shape index (κ1) is 12.8. The van der Waals surface area contributed by atoms with Gasteiger partial charge in [-0.25, -0.2) is 0 Å². The molecule has 0 aliphatic carbocycles. The molecule has 1 unspecified atom stereocenters. The van der Waals surface area contributed by atoms with Crippen LogP contribution in [0.5, 0.6) is 0 Å². The first-order chi connectivity index (χ1) is 6.20. The van der Waals surface area contributed by atoms with Gasteiger partial charge in [-0.3, -0.25) is 4.79 Å². The van der Waals surface area contributed by atoms with Crippen molar-refractivity contribution in [3.05, 3.63) is 0 Å². The number of unbranched alkanes of at least 4 members (excludes halogenated alkanes) is 1. The minimum absolute atomic E-state index is 0.210. The lowest BCUT2D eigenvalue weighted by atomic mass is 10.3. The Morgan fingerprint density at radius 2 is 2.23 bits per heavy atom. The summed E-state index contributed by atoms with van der Waals surface area (Å²) in [6, 6.07) is 0. The van der Waals surface area contributed by atoms with Gasteiger partial charge in [0, 0.05) is 19.3 Å². The van der Waals surface area contributed by atoms with E-state index in [1.807, 2.05) is 0 Å². The molecule has 0 amide bonds. The van der Waals surface area contributed by atoms with E-state index >= 15 is 0 Å². The van der Waals surface area contributed by atoms with Gasteiger partial charge >= 0.3 is 5.97 Å². The van der Waals surface area contributed by atoms with E-state index < -0.39 is 0 Å². The van der Waals surface area contributed by atoms with Crippen LogP contribution in [-0.2, 0) is 14.3 Å². The molecule has 1 atom stereocenters. The highest BCUT2D eigenvalue weighted by molar-refractivity contribution is 7.80. The molecule has 0 aliphatic heterocycles. The van der Waals surface area contributed by atoms with Crippen molar-refractivity contribution < 1.29 is 14.3 Å². The van der Waals surface area contributed by atoms with E-state index in [4.69, 9.17) is 9.47 Å². The van der Waals surface area contributed by atoms with Gasteiger partial charge in [-0.05, 0) is 6.42 Å². The molecule has 0 radical (unpaired) electrons. The van der Waals surface area contributed by atoms with Gasteiger partial charge in [-0.1, -0.05) is 13.3 Å². The average Bonchev–Trinajstić information content (AvgIpc) is 2.09. The van der Waals surface area contributed by atoms with E-state index in [1.54, 1.807) is 0 Å². The van der Waals surface area contributed by atoms with Gasteiger partial charge in [-0.15, -0.1) is 0 Å². The number of hydrogen-bond acceptors (Lipinski definition) is 4. The summed E-state index contributed by atoms with van der Waals surface area (Å²) in [5, 5.41) is 0. The molecular weight excluding hydrogens is 188 g/mol. The zero-order chi connectivity index (χ0) is 10.1. The third kappa shape index (κ3) is 8.12. The Kier molecular flexibility index (Phi) is 8.24. The topological polar surface area (TPSA) is 35.5 Å². The zero-order valence-corrected chi connectivity index (χ0v) is 9.18. The third-order valence-corrected chi connectivity index (χ3v) is 1.89. The van der Waals surface area contributed by atoms with Crippen LogP contribution in [0.25, 0.3) is 0 Å². The van der Waals surface area contributed by atoms with Gasteiger partial charge in [-0.2, -0.15) is 12.6 Å². The predicted molar refractivity (Wildman–Crippen MR) is 55.1 cm³/mol. The predicted octanol–water partition coefficient (Wildman–Crippen LogP) is 1.66. The van der Waals surface area contributed by atoms with Gasteiger partial charge in [0.25, 0.3) is 0 Å². The number of esters is 1. The van der Waals surface area contributed by atoms with Crippen LogP contribution in [0.3, 0.4) is 0 Å². The van der Waals surface area contributed by atoms with E-state index in [1.165, 1.54) is 6.92 Å². The molecule has 0 heterocycles. The van der Waals surface area contributed by atoms with Crippen molar-refractivity contribution in [3.63, 3.8) is 0 Å². The SMILES string of the molecule is CCCCOCC(CS)OC(C)=O. The van der Waals surface area contributed by atoms with Crippen molar-refractivity contribution in [3.8, 4) is 0 Å².